The molecule has 1 heterocycles. The van der Waals surface area contributed by atoms with E-state index >= 15 is 0 Å². The van der Waals surface area contributed by atoms with Gasteiger partial charge in [0.05, 0.1) is 0 Å². The molecule has 0 atom stereocenters. The van der Waals surface area contributed by atoms with E-state index in [-0.39, 0.29) is 5.91 Å². The van der Waals surface area contributed by atoms with E-state index in [9.17, 15) is 9.59 Å². The molecule has 3 aromatic rings. The van der Waals surface area contributed by atoms with Crippen LogP contribution in [-0.2, 0) is 13.0 Å². The third kappa shape index (κ3) is 2.82. The topological polar surface area (TPSA) is 69.6 Å². The number of benzene rings is 3. The summed E-state index contributed by atoms with van der Waals surface area (Å²) < 4.78 is 0. The fourth-order valence-electron chi connectivity index (χ4n) is 3.51. The number of amides is 2. The number of carbonyl (C=O) groups excluding carboxylic acids is 2. The van der Waals surface area contributed by atoms with Crippen LogP contribution in [0.25, 0.3) is 10.8 Å². The van der Waals surface area contributed by atoms with Crippen LogP contribution in [-0.4, -0.2) is 28.5 Å². The van der Waals surface area contributed by atoms with Crippen LogP contribution >= 0.6 is 0 Å². The van der Waals surface area contributed by atoms with Crippen LogP contribution in [0.2, 0.25) is 0 Å². The van der Waals surface area contributed by atoms with Gasteiger partial charge in [0, 0.05) is 24.2 Å². The predicted octanol–water partition coefficient (Wildman–Crippen LogP) is 3.16. The van der Waals surface area contributed by atoms with Crippen molar-refractivity contribution in [3.63, 3.8) is 0 Å². The van der Waals surface area contributed by atoms with Crippen molar-refractivity contribution in [3.8, 4) is 0 Å². The number of hydrogen-bond donors (Lipinski definition) is 2. The number of hydrogen-bond acceptors (Lipinski definition) is 3. The summed E-state index contributed by atoms with van der Waals surface area (Å²) in [5.74, 6) is -0.508. The minimum absolute atomic E-state index is 0.0182. The van der Waals surface area contributed by atoms with Crippen LogP contribution in [0, 0.1) is 0 Å². The number of carbonyl (C=O) groups is 2. The van der Waals surface area contributed by atoms with Gasteiger partial charge in [-0.15, -0.1) is 0 Å². The fraction of sp³-hybridized carbons (Fsp3) is 0.143. The zero-order valence-corrected chi connectivity index (χ0v) is 14.1. The van der Waals surface area contributed by atoms with Gasteiger partial charge in [-0.25, -0.2) is 5.48 Å². The summed E-state index contributed by atoms with van der Waals surface area (Å²) >= 11 is 0. The minimum atomic E-state index is -0.526. The molecule has 2 amide bonds. The van der Waals surface area contributed by atoms with Crippen LogP contribution in [0.1, 0.15) is 31.8 Å². The van der Waals surface area contributed by atoms with Crippen molar-refractivity contribution in [3.05, 3.63) is 82.9 Å². The summed E-state index contributed by atoms with van der Waals surface area (Å²) in [6, 6.07) is 19.0. The maximum atomic E-state index is 13.1. The Labute approximate surface area is 150 Å². The Hall–Kier alpha value is -3.18. The predicted molar refractivity (Wildman–Crippen MR) is 98.1 cm³/mol. The lowest BCUT2D eigenvalue weighted by Crippen LogP contribution is -2.36. The molecule has 130 valence electrons. The molecule has 3 aromatic carbocycles. The van der Waals surface area contributed by atoms with E-state index in [1.54, 1.807) is 17.6 Å². The average molecular weight is 346 g/mol. The summed E-state index contributed by atoms with van der Waals surface area (Å²) in [4.78, 5) is 26.5. The summed E-state index contributed by atoms with van der Waals surface area (Å²) in [5, 5.41) is 10.8. The van der Waals surface area contributed by atoms with Crippen molar-refractivity contribution >= 4 is 22.6 Å². The highest BCUT2D eigenvalue weighted by molar-refractivity contribution is 6.07. The lowest BCUT2D eigenvalue weighted by atomic mass is 9.96. The summed E-state index contributed by atoms with van der Waals surface area (Å²) in [6.45, 7) is 1.11. The first-order valence-electron chi connectivity index (χ1n) is 8.50. The first kappa shape index (κ1) is 16.3. The zero-order valence-electron chi connectivity index (χ0n) is 14.1. The largest absolute Gasteiger partial charge is 0.334 e. The van der Waals surface area contributed by atoms with Gasteiger partial charge in [0.25, 0.3) is 11.8 Å². The van der Waals surface area contributed by atoms with E-state index in [1.807, 2.05) is 53.4 Å². The maximum Gasteiger partial charge on any atom is 0.274 e. The summed E-state index contributed by atoms with van der Waals surface area (Å²) in [6.07, 6.45) is 0.679. The molecule has 1 aliphatic heterocycles. The van der Waals surface area contributed by atoms with Crippen molar-refractivity contribution in [2.75, 3.05) is 6.54 Å². The van der Waals surface area contributed by atoms with E-state index in [4.69, 9.17) is 5.21 Å². The highest BCUT2D eigenvalue weighted by Gasteiger charge is 2.23. The SMILES string of the molecule is O=C(NO)c1ccc2c(c1)CCN(C(=O)c1cccc3ccccc13)C2. The Balaban J connectivity index is 1.62. The number of fused-ring (bicyclic) bond motifs is 2. The Kier molecular flexibility index (Phi) is 4.14. The van der Waals surface area contributed by atoms with Crippen LogP contribution in [0.4, 0.5) is 0 Å². The third-order valence-corrected chi connectivity index (χ3v) is 4.89. The molecule has 0 aliphatic carbocycles. The normalized spacial score (nSPS) is 13.3. The van der Waals surface area contributed by atoms with Crippen molar-refractivity contribution in [2.45, 2.75) is 13.0 Å². The molecular formula is C21H18N2O3. The first-order valence-corrected chi connectivity index (χ1v) is 8.50. The van der Waals surface area contributed by atoms with Crippen molar-refractivity contribution < 1.29 is 14.8 Å². The molecule has 0 saturated carbocycles. The van der Waals surface area contributed by atoms with Gasteiger partial charge in [0.15, 0.2) is 0 Å². The molecule has 1 aliphatic rings. The molecule has 4 rings (SSSR count). The second kappa shape index (κ2) is 6.61. The monoisotopic (exact) mass is 346 g/mol. The van der Waals surface area contributed by atoms with E-state index in [0.717, 1.165) is 21.9 Å². The van der Waals surface area contributed by atoms with Gasteiger partial charge in [-0.1, -0.05) is 42.5 Å². The van der Waals surface area contributed by atoms with Gasteiger partial charge in [-0.2, -0.15) is 0 Å². The van der Waals surface area contributed by atoms with Crippen molar-refractivity contribution in [1.82, 2.24) is 10.4 Å². The van der Waals surface area contributed by atoms with Gasteiger partial charge in [0.1, 0.15) is 0 Å². The molecular weight excluding hydrogens is 328 g/mol. The number of rotatable bonds is 2. The molecule has 5 nitrogen and oxygen atoms in total. The molecule has 0 aromatic heterocycles. The molecule has 0 fully saturated rings. The van der Waals surface area contributed by atoms with Gasteiger partial charge in [-0.05, 0) is 46.5 Å². The van der Waals surface area contributed by atoms with Crippen LogP contribution in [0.5, 0.6) is 0 Å². The molecule has 0 spiro atoms. The molecule has 0 radical (unpaired) electrons. The Morgan fingerprint density at radius 2 is 1.77 bits per heavy atom. The molecule has 26 heavy (non-hydrogen) atoms. The van der Waals surface area contributed by atoms with E-state index < -0.39 is 5.91 Å². The first-order chi connectivity index (χ1) is 12.7. The Bertz CT molecular complexity index is 1010. The van der Waals surface area contributed by atoms with Crippen LogP contribution < -0.4 is 5.48 Å². The molecule has 0 saturated heterocycles. The van der Waals surface area contributed by atoms with E-state index in [1.165, 1.54) is 0 Å². The molecule has 0 bridgehead atoms. The number of nitrogens with one attached hydrogen (secondary N) is 1. The fourth-order valence-corrected chi connectivity index (χ4v) is 3.51. The van der Waals surface area contributed by atoms with Gasteiger partial charge >= 0.3 is 0 Å². The molecule has 5 heteroatoms. The average Bonchev–Trinajstić information content (AvgIpc) is 2.71. The third-order valence-electron chi connectivity index (χ3n) is 4.89. The van der Waals surface area contributed by atoms with Crippen LogP contribution in [0.15, 0.2) is 60.7 Å². The smallest absolute Gasteiger partial charge is 0.274 e. The number of hydroxylamine groups is 1. The lowest BCUT2D eigenvalue weighted by molar-refractivity contribution is 0.0703. The quantitative estimate of drug-likeness (QED) is 0.553. The molecule has 2 N–H and O–H groups in total. The summed E-state index contributed by atoms with van der Waals surface area (Å²) in [5.41, 5.74) is 4.84. The zero-order chi connectivity index (χ0) is 18.1. The Morgan fingerprint density at radius 1 is 0.962 bits per heavy atom. The number of nitrogens with zero attached hydrogens (tertiary/aromatic N) is 1. The van der Waals surface area contributed by atoms with Gasteiger partial charge in [0.2, 0.25) is 0 Å². The maximum absolute atomic E-state index is 13.1. The Morgan fingerprint density at radius 3 is 2.62 bits per heavy atom. The van der Waals surface area contributed by atoms with Crippen molar-refractivity contribution in [1.29, 1.82) is 0 Å². The highest BCUT2D eigenvalue weighted by Crippen LogP contribution is 2.25. The van der Waals surface area contributed by atoms with Crippen LogP contribution in [0.3, 0.4) is 0 Å². The van der Waals surface area contributed by atoms with E-state index in [0.29, 0.717) is 30.6 Å². The van der Waals surface area contributed by atoms with E-state index in [2.05, 4.69) is 0 Å². The summed E-state index contributed by atoms with van der Waals surface area (Å²) in [7, 11) is 0. The minimum Gasteiger partial charge on any atom is -0.334 e. The highest BCUT2D eigenvalue weighted by atomic mass is 16.5. The molecule has 0 unspecified atom stereocenters. The van der Waals surface area contributed by atoms with Gasteiger partial charge in [-0.3, -0.25) is 14.8 Å². The lowest BCUT2D eigenvalue weighted by Gasteiger charge is -2.29. The standard InChI is InChI=1S/C21H18N2O3/c24-20(22-26)16-8-9-17-13-23(11-10-15(17)12-16)21(25)19-7-3-5-14-4-1-2-6-18(14)19/h1-9,12,26H,10-11,13H2,(H,22,24). The van der Waals surface area contributed by atoms with Gasteiger partial charge < -0.3 is 4.90 Å². The van der Waals surface area contributed by atoms with Crippen molar-refractivity contribution in [2.24, 2.45) is 0 Å². The second-order valence-corrected chi connectivity index (χ2v) is 6.43. The second-order valence-electron chi connectivity index (χ2n) is 6.43.